The van der Waals surface area contributed by atoms with Crippen LogP contribution < -0.4 is 5.32 Å². The summed E-state index contributed by atoms with van der Waals surface area (Å²) >= 11 is 1.54. The molecule has 1 aromatic carbocycles. The van der Waals surface area contributed by atoms with Gasteiger partial charge in [0.05, 0.1) is 12.4 Å². The summed E-state index contributed by atoms with van der Waals surface area (Å²) in [5.74, 6) is -0.544. The van der Waals surface area contributed by atoms with Crippen molar-refractivity contribution in [3.8, 4) is 0 Å². The Labute approximate surface area is 110 Å². The van der Waals surface area contributed by atoms with Gasteiger partial charge in [0.25, 0.3) is 0 Å². The molecule has 18 heavy (non-hydrogen) atoms. The second-order valence-electron chi connectivity index (χ2n) is 4.17. The maximum atomic E-state index is 12.0. The largest absolute Gasteiger partial charge is 0.467 e. The molecule has 1 N–H and O–H groups in total. The fraction of sp³-hybridized carbons (Fsp3) is 0.385. The summed E-state index contributed by atoms with van der Waals surface area (Å²) in [6, 6.07) is 7.36. The van der Waals surface area contributed by atoms with Crippen molar-refractivity contribution in [3.63, 3.8) is 0 Å². The van der Waals surface area contributed by atoms with E-state index in [-0.39, 0.29) is 11.2 Å². The summed E-state index contributed by atoms with van der Waals surface area (Å²) in [5, 5.41) is 2.52. The standard InChI is InChI=1S/C13H15NO3S/c1-8(13(16)17-2)14-12(15)11-7-9-5-3-4-6-10(9)18-11/h3-6,8,11H,7H2,1-2H3,(H,14,15). The van der Waals surface area contributed by atoms with Gasteiger partial charge >= 0.3 is 5.97 Å². The van der Waals surface area contributed by atoms with Gasteiger partial charge in [-0.05, 0) is 25.0 Å². The molecule has 5 heteroatoms. The minimum absolute atomic E-state index is 0.117. The third-order valence-electron chi connectivity index (χ3n) is 2.85. The molecule has 1 heterocycles. The van der Waals surface area contributed by atoms with Gasteiger partial charge < -0.3 is 10.1 Å². The van der Waals surface area contributed by atoms with Gasteiger partial charge in [-0.1, -0.05) is 18.2 Å². The van der Waals surface area contributed by atoms with Crippen LogP contribution in [0, 0.1) is 0 Å². The maximum Gasteiger partial charge on any atom is 0.328 e. The number of carbonyl (C=O) groups is 2. The normalized spacial score (nSPS) is 18.9. The topological polar surface area (TPSA) is 55.4 Å². The molecule has 96 valence electrons. The van der Waals surface area contributed by atoms with E-state index in [0.29, 0.717) is 6.42 Å². The summed E-state index contributed by atoms with van der Waals surface area (Å²) in [6.07, 6.45) is 0.709. The molecule has 1 amide bonds. The summed E-state index contributed by atoms with van der Waals surface area (Å²) in [5.41, 5.74) is 1.19. The van der Waals surface area contributed by atoms with Crippen LogP contribution in [-0.4, -0.2) is 30.3 Å². The van der Waals surface area contributed by atoms with E-state index in [2.05, 4.69) is 10.1 Å². The Bertz CT molecular complexity index is 450. The predicted octanol–water partition coefficient (Wildman–Crippen LogP) is 1.38. The van der Waals surface area contributed by atoms with Gasteiger partial charge in [-0.15, -0.1) is 11.8 Å². The van der Waals surface area contributed by atoms with Gasteiger partial charge in [0.1, 0.15) is 6.04 Å². The molecule has 0 saturated heterocycles. The van der Waals surface area contributed by atoms with Gasteiger partial charge in [0.15, 0.2) is 0 Å². The number of carbonyl (C=O) groups excluding carboxylic acids is 2. The zero-order valence-corrected chi connectivity index (χ0v) is 11.1. The molecule has 1 aliphatic heterocycles. The van der Waals surface area contributed by atoms with Crippen LogP contribution in [0.25, 0.3) is 0 Å². The van der Waals surface area contributed by atoms with Crippen LogP contribution in [0.5, 0.6) is 0 Å². The molecule has 0 radical (unpaired) electrons. The molecule has 0 spiro atoms. The molecule has 1 aliphatic rings. The quantitative estimate of drug-likeness (QED) is 0.839. The van der Waals surface area contributed by atoms with Gasteiger partial charge in [-0.2, -0.15) is 0 Å². The van der Waals surface area contributed by atoms with Gasteiger partial charge in [0, 0.05) is 4.90 Å². The Morgan fingerprint density at radius 1 is 1.44 bits per heavy atom. The number of nitrogens with one attached hydrogen (secondary N) is 1. The smallest absolute Gasteiger partial charge is 0.328 e. The lowest BCUT2D eigenvalue weighted by Gasteiger charge is -2.14. The van der Waals surface area contributed by atoms with E-state index in [4.69, 9.17) is 0 Å². The number of rotatable bonds is 3. The average molecular weight is 265 g/mol. The van der Waals surface area contributed by atoms with Crippen molar-refractivity contribution in [1.82, 2.24) is 5.32 Å². The Morgan fingerprint density at radius 3 is 2.83 bits per heavy atom. The highest BCUT2D eigenvalue weighted by molar-refractivity contribution is 8.01. The van der Waals surface area contributed by atoms with Crippen LogP contribution in [0.2, 0.25) is 0 Å². The van der Waals surface area contributed by atoms with Gasteiger partial charge in [-0.3, -0.25) is 4.79 Å². The van der Waals surface area contributed by atoms with Crippen LogP contribution in [0.15, 0.2) is 29.2 Å². The average Bonchev–Trinajstić information content (AvgIpc) is 2.81. The number of hydrogen-bond donors (Lipinski definition) is 1. The number of fused-ring (bicyclic) bond motifs is 1. The number of esters is 1. The molecule has 0 saturated carbocycles. The second kappa shape index (κ2) is 5.44. The molecule has 2 atom stereocenters. The van der Waals surface area contributed by atoms with E-state index in [9.17, 15) is 9.59 Å². The molecule has 1 aromatic rings. The molecule has 0 aromatic heterocycles. The molecule has 0 fully saturated rings. The molecule has 2 rings (SSSR count). The number of benzene rings is 1. The van der Waals surface area contributed by atoms with Crippen molar-refractivity contribution >= 4 is 23.6 Å². The lowest BCUT2D eigenvalue weighted by molar-refractivity contribution is -0.144. The molecule has 2 unspecified atom stereocenters. The summed E-state index contributed by atoms with van der Waals surface area (Å²) in [6.45, 7) is 1.62. The first-order valence-corrected chi connectivity index (χ1v) is 6.62. The maximum absolute atomic E-state index is 12.0. The zero-order chi connectivity index (χ0) is 13.1. The predicted molar refractivity (Wildman–Crippen MR) is 69.4 cm³/mol. The lowest BCUT2D eigenvalue weighted by atomic mass is 10.1. The Balaban J connectivity index is 1.95. The summed E-state index contributed by atoms with van der Waals surface area (Å²) < 4.78 is 4.58. The van der Waals surface area contributed by atoms with Crippen LogP contribution in [0.3, 0.4) is 0 Å². The van der Waals surface area contributed by atoms with Crippen LogP contribution in [-0.2, 0) is 20.7 Å². The van der Waals surface area contributed by atoms with E-state index in [0.717, 1.165) is 4.90 Å². The van der Waals surface area contributed by atoms with Crippen LogP contribution in [0.1, 0.15) is 12.5 Å². The lowest BCUT2D eigenvalue weighted by Crippen LogP contribution is -2.43. The van der Waals surface area contributed by atoms with Crippen molar-refractivity contribution in [3.05, 3.63) is 29.8 Å². The highest BCUT2D eigenvalue weighted by Crippen LogP contribution is 2.36. The minimum Gasteiger partial charge on any atom is -0.467 e. The monoisotopic (exact) mass is 265 g/mol. The second-order valence-corrected chi connectivity index (χ2v) is 5.42. The van der Waals surface area contributed by atoms with Crippen LogP contribution in [0.4, 0.5) is 0 Å². The van der Waals surface area contributed by atoms with Crippen molar-refractivity contribution in [2.45, 2.75) is 29.5 Å². The van der Waals surface area contributed by atoms with E-state index in [1.807, 2.05) is 24.3 Å². The number of ether oxygens (including phenoxy) is 1. The Kier molecular flexibility index (Phi) is 3.91. The first-order chi connectivity index (χ1) is 8.61. The molecule has 0 aliphatic carbocycles. The van der Waals surface area contributed by atoms with Gasteiger partial charge in [0.2, 0.25) is 5.91 Å². The van der Waals surface area contributed by atoms with Crippen LogP contribution >= 0.6 is 11.8 Å². The molecular formula is C13H15NO3S. The number of methoxy groups -OCH3 is 1. The zero-order valence-electron chi connectivity index (χ0n) is 10.3. The van der Waals surface area contributed by atoms with Crippen molar-refractivity contribution in [2.24, 2.45) is 0 Å². The number of thioether (sulfide) groups is 1. The minimum atomic E-state index is -0.605. The highest BCUT2D eigenvalue weighted by atomic mass is 32.2. The summed E-state index contributed by atoms with van der Waals surface area (Å²) in [4.78, 5) is 24.4. The van der Waals surface area contributed by atoms with Crippen molar-refractivity contribution < 1.29 is 14.3 Å². The third kappa shape index (κ3) is 2.67. The first-order valence-electron chi connectivity index (χ1n) is 5.74. The van der Waals surface area contributed by atoms with E-state index in [1.54, 1.807) is 18.7 Å². The van der Waals surface area contributed by atoms with Gasteiger partial charge in [-0.25, -0.2) is 4.79 Å². The van der Waals surface area contributed by atoms with E-state index < -0.39 is 12.0 Å². The first kappa shape index (κ1) is 13.0. The Morgan fingerprint density at radius 2 is 2.17 bits per heavy atom. The van der Waals surface area contributed by atoms with Crippen molar-refractivity contribution in [2.75, 3.05) is 7.11 Å². The summed E-state index contributed by atoms with van der Waals surface area (Å²) in [7, 11) is 1.31. The molecular weight excluding hydrogens is 250 g/mol. The van der Waals surface area contributed by atoms with E-state index in [1.165, 1.54) is 12.7 Å². The van der Waals surface area contributed by atoms with E-state index >= 15 is 0 Å². The third-order valence-corrected chi connectivity index (χ3v) is 4.17. The molecule has 4 nitrogen and oxygen atoms in total. The SMILES string of the molecule is COC(=O)C(C)NC(=O)C1Cc2ccccc2S1. The fourth-order valence-corrected chi connectivity index (χ4v) is 3.07. The highest BCUT2D eigenvalue weighted by Gasteiger charge is 2.29. The number of amides is 1. The van der Waals surface area contributed by atoms with Crippen molar-refractivity contribution in [1.29, 1.82) is 0 Å². The molecule has 0 bridgehead atoms. The Hall–Kier alpha value is -1.49. The fourth-order valence-electron chi connectivity index (χ4n) is 1.87. The number of hydrogen-bond acceptors (Lipinski definition) is 4.